The summed E-state index contributed by atoms with van der Waals surface area (Å²) in [6.45, 7) is 0. The molecule has 2 N–H and O–H groups in total. The summed E-state index contributed by atoms with van der Waals surface area (Å²) in [5.74, 6) is 0.628. The van der Waals surface area contributed by atoms with Crippen molar-refractivity contribution in [3.05, 3.63) is 65.7 Å². The Morgan fingerprint density at radius 1 is 1.00 bits per heavy atom. The molecule has 3 heteroatoms. The Labute approximate surface area is 125 Å². The second-order valence-corrected chi connectivity index (χ2v) is 5.58. The van der Waals surface area contributed by atoms with E-state index in [4.69, 9.17) is 0 Å². The van der Waals surface area contributed by atoms with Crippen molar-refractivity contribution in [1.29, 1.82) is 0 Å². The summed E-state index contributed by atoms with van der Waals surface area (Å²) >= 11 is 0. The van der Waals surface area contributed by atoms with Gasteiger partial charge in [-0.05, 0) is 48.6 Å². The van der Waals surface area contributed by atoms with E-state index >= 15 is 0 Å². The third-order valence-corrected chi connectivity index (χ3v) is 4.15. The molecule has 21 heavy (non-hydrogen) atoms. The van der Waals surface area contributed by atoms with Gasteiger partial charge in [0.2, 0.25) is 0 Å². The number of nitrogens with one attached hydrogen (secondary N) is 2. The van der Waals surface area contributed by atoms with Crippen molar-refractivity contribution < 1.29 is 4.79 Å². The first-order chi connectivity index (χ1) is 10.3. The molecule has 0 atom stereocenters. The van der Waals surface area contributed by atoms with Crippen LogP contribution in [0.25, 0.3) is 0 Å². The van der Waals surface area contributed by atoms with Gasteiger partial charge in [0, 0.05) is 24.3 Å². The molecule has 1 fully saturated rings. The summed E-state index contributed by atoms with van der Waals surface area (Å²) in [6, 6.07) is 18.9. The second kappa shape index (κ2) is 6.00. The van der Waals surface area contributed by atoms with Crippen LogP contribution in [0.5, 0.6) is 0 Å². The van der Waals surface area contributed by atoms with Gasteiger partial charge in [0.25, 0.3) is 5.91 Å². The average Bonchev–Trinajstić information content (AvgIpc) is 2.51. The number of rotatable bonds is 4. The van der Waals surface area contributed by atoms with Crippen molar-refractivity contribution in [2.45, 2.75) is 24.8 Å². The fourth-order valence-electron chi connectivity index (χ4n) is 2.83. The van der Waals surface area contributed by atoms with E-state index in [0.717, 1.165) is 5.69 Å². The van der Waals surface area contributed by atoms with Gasteiger partial charge in [-0.25, -0.2) is 0 Å². The predicted molar refractivity (Wildman–Crippen MR) is 85.7 cm³/mol. The first kappa shape index (κ1) is 13.7. The molecule has 2 aromatic rings. The molecule has 1 saturated carbocycles. The minimum absolute atomic E-state index is 0.0469. The maximum atomic E-state index is 11.5. The van der Waals surface area contributed by atoms with Crippen molar-refractivity contribution in [1.82, 2.24) is 5.32 Å². The number of hydrogen-bond acceptors (Lipinski definition) is 2. The molecular weight excluding hydrogens is 260 g/mol. The third-order valence-electron chi connectivity index (χ3n) is 4.15. The summed E-state index contributed by atoms with van der Waals surface area (Å²) in [6.07, 6.45) is 2.34. The summed E-state index contributed by atoms with van der Waals surface area (Å²) in [5, 5.41) is 6.16. The van der Waals surface area contributed by atoms with Crippen LogP contribution in [-0.4, -0.2) is 19.0 Å². The SMILES string of the molecule is CNC(=O)c1ccc(NC2CC(c3ccccc3)C2)cc1. The van der Waals surface area contributed by atoms with Crippen LogP contribution >= 0.6 is 0 Å². The number of anilines is 1. The Bertz CT molecular complexity index is 601. The molecular formula is C18H20N2O. The largest absolute Gasteiger partial charge is 0.382 e. The van der Waals surface area contributed by atoms with Crippen molar-refractivity contribution in [3.8, 4) is 0 Å². The second-order valence-electron chi connectivity index (χ2n) is 5.58. The zero-order valence-electron chi connectivity index (χ0n) is 12.2. The number of benzene rings is 2. The molecule has 0 saturated heterocycles. The van der Waals surface area contributed by atoms with E-state index in [2.05, 4.69) is 41.0 Å². The molecule has 3 nitrogen and oxygen atoms in total. The van der Waals surface area contributed by atoms with Crippen molar-refractivity contribution in [2.24, 2.45) is 0 Å². The third kappa shape index (κ3) is 3.07. The Balaban J connectivity index is 1.54. The van der Waals surface area contributed by atoms with Crippen molar-refractivity contribution >= 4 is 11.6 Å². The molecule has 2 aromatic carbocycles. The Morgan fingerprint density at radius 2 is 1.67 bits per heavy atom. The lowest BCUT2D eigenvalue weighted by molar-refractivity contribution is 0.0963. The molecule has 0 unspecified atom stereocenters. The van der Waals surface area contributed by atoms with E-state index in [1.165, 1.54) is 18.4 Å². The molecule has 0 radical (unpaired) electrons. The van der Waals surface area contributed by atoms with Gasteiger partial charge in [-0.1, -0.05) is 30.3 Å². The summed E-state index contributed by atoms with van der Waals surface area (Å²) in [4.78, 5) is 11.5. The quantitative estimate of drug-likeness (QED) is 0.901. The van der Waals surface area contributed by atoms with E-state index in [0.29, 0.717) is 17.5 Å². The molecule has 0 bridgehead atoms. The summed E-state index contributed by atoms with van der Waals surface area (Å²) in [7, 11) is 1.65. The van der Waals surface area contributed by atoms with Crippen LogP contribution in [0, 0.1) is 0 Å². The highest BCUT2D eigenvalue weighted by Gasteiger charge is 2.29. The van der Waals surface area contributed by atoms with Crippen LogP contribution < -0.4 is 10.6 Å². The molecule has 1 aliphatic rings. The average molecular weight is 280 g/mol. The van der Waals surface area contributed by atoms with Crippen LogP contribution in [-0.2, 0) is 0 Å². The lowest BCUT2D eigenvalue weighted by Crippen LogP contribution is -2.33. The van der Waals surface area contributed by atoms with E-state index in [-0.39, 0.29) is 5.91 Å². The molecule has 0 aromatic heterocycles. The smallest absolute Gasteiger partial charge is 0.251 e. The van der Waals surface area contributed by atoms with Gasteiger partial charge >= 0.3 is 0 Å². The molecule has 1 amide bonds. The molecule has 3 rings (SSSR count). The number of carbonyl (C=O) groups excluding carboxylic acids is 1. The summed E-state index contributed by atoms with van der Waals surface area (Å²) in [5.41, 5.74) is 3.21. The van der Waals surface area contributed by atoms with Crippen LogP contribution in [0.1, 0.15) is 34.7 Å². The lowest BCUT2D eigenvalue weighted by atomic mass is 9.76. The van der Waals surface area contributed by atoms with E-state index in [9.17, 15) is 4.79 Å². The highest BCUT2D eigenvalue weighted by atomic mass is 16.1. The zero-order valence-corrected chi connectivity index (χ0v) is 12.2. The van der Waals surface area contributed by atoms with Crippen LogP contribution in [0.3, 0.4) is 0 Å². The molecule has 0 heterocycles. The van der Waals surface area contributed by atoms with Crippen LogP contribution in [0.15, 0.2) is 54.6 Å². The topological polar surface area (TPSA) is 41.1 Å². The minimum Gasteiger partial charge on any atom is -0.382 e. The lowest BCUT2D eigenvalue weighted by Gasteiger charge is -2.37. The summed E-state index contributed by atoms with van der Waals surface area (Å²) < 4.78 is 0. The fraction of sp³-hybridized carbons (Fsp3) is 0.278. The number of amides is 1. The molecule has 0 spiro atoms. The number of carbonyl (C=O) groups is 1. The van der Waals surface area contributed by atoms with Crippen molar-refractivity contribution in [3.63, 3.8) is 0 Å². The minimum atomic E-state index is -0.0469. The predicted octanol–water partition coefficient (Wildman–Crippen LogP) is 3.40. The molecule has 0 aliphatic heterocycles. The molecule has 1 aliphatic carbocycles. The highest BCUT2D eigenvalue weighted by Crippen LogP contribution is 2.38. The number of hydrogen-bond donors (Lipinski definition) is 2. The maximum Gasteiger partial charge on any atom is 0.251 e. The van der Waals surface area contributed by atoms with Crippen LogP contribution in [0.4, 0.5) is 5.69 Å². The Morgan fingerprint density at radius 3 is 2.29 bits per heavy atom. The first-order valence-corrected chi connectivity index (χ1v) is 7.40. The Hall–Kier alpha value is -2.29. The van der Waals surface area contributed by atoms with Gasteiger partial charge in [0.15, 0.2) is 0 Å². The van der Waals surface area contributed by atoms with Gasteiger partial charge in [-0.15, -0.1) is 0 Å². The van der Waals surface area contributed by atoms with Crippen molar-refractivity contribution in [2.75, 3.05) is 12.4 Å². The molecule has 108 valence electrons. The van der Waals surface area contributed by atoms with Crippen LogP contribution in [0.2, 0.25) is 0 Å². The van der Waals surface area contributed by atoms with Gasteiger partial charge in [-0.2, -0.15) is 0 Å². The Kier molecular flexibility index (Phi) is 3.91. The standard InChI is InChI=1S/C18H20N2O/c1-19-18(21)14-7-9-16(10-8-14)20-17-11-15(12-17)13-5-3-2-4-6-13/h2-10,15,17,20H,11-12H2,1H3,(H,19,21). The highest BCUT2D eigenvalue weighted by molar-refractivity contribution is 5.94. The maximum absolute atomic E-state index is 11.5. The van der Waals surface area contributed by atoms with E-state index < -0.39 is 0 Å². The van der Waals surface area contributed by atoms with E-state index in [1.807, 2.05) is 24.3 Å². The van der Waals surface area contributed by atoms with Gasteiger partial charge in [0.05, 0.1) is 0 Å². The normalized spacial score (nSPS) is 20.4. The first-order valence-electron chi connectivity index (χ1n) is 7.40. The fourth-order valence-corrected chi connectivity index (χ4v) is 2.83. The monoisotopic (exact) mass is 280 g/mol. The van der Waals surface area contributed by atoms with E-state index in [1.54, 1.807) is 7.05 Å². The van der Waals surface area contributed by atoms with Gasteiger partial charge in [-0.3, -0.25) is 4.79 Å². The zero-order chi connectivity index (χ0) is 14.7. The van der Waals surface area contributed by atoms with Gasteiger partial charge in [0.1, 0.15) is 0 Å². The van der Waals surface area contributed by atoms with Gasteiger partial charge < -0.3 is 10.6 Å².